The third-order valence-electron chi connectivity index (χ3n) is 3.80. The molecular formula is C20H20N4O2. The Bertz CT molecular complexity index is 880. The van der Waals surface area contributed by atoms with Crippen LogP contribution in [-0.4, -0.2) is 27.6 Å². The third kappa shape index (κ3) is 4.80. The molecule has 0 aliphatic carbocycles. The number of hydrogen-bond acceptors (Lipinski definition) is 5. The van der Waals surface area contributed by atoms with Crippen LogP contribution in [0.2, 0.25) is 0 Å². The lowest BCUT2D eigenvalue weighted by molar-refractivity contribution is 0.0697. The zero-order valence-corrected chi connectivity index (χ0v) is 14.4. The highest BCUT2D eigenvalue weighted by molar-refractivity contribution is 5.88. The van der Waals surface area contributed by atoms with E-state index in [1.807, 2.05) is 31.2 Å². The summed E-state index contributed by atoms with van der Waals surface area (Å²) in [5.74, 6) is 1.11. The summed E-state index contributed by atoms with van der Waals surface area (Å²) < 4.78 is 0. The largest absolute Gasteiger partial charge is 0.478 e. The van der Waals surface area contributed by atoms with Crippen molar-refractivity contribution in [1.82, 2.24) is 9.97 Å². The van der Waals surface area contributed by atoms with E-state index in [2.05, 4.69) is 32.7 Å². The van der Waals surface area contributed by atoms with Gasteiger partial charge in [0, 0.05) is 18.3 Å². The number of aryl methyl sites for hydroxylation is 1. The van der Waals surface area contributed by atoms with Gasteiger partial charge in [-0.25, -0.2) is 14.8 Å². The van der Waals surface area contributed by atoms with E-state index in [4.69, 9.17) is 5.11 Å². The second-order valence-electron chi connectivity index (χ2n) is 5.86. The van der Waals surface area contributed by atoms with Gasteiger partial charge in [0.05, 0.1) is 5.56 Å². The lowest BCUT2D eigenvalue weighted by Gasteiger charge is -2.10. The fourth-order valence-corrected chi connectivity index (χ4v) is 2.55. The quantitative estimate of drug-likeness (QED) is 0.601. The topological polar surface area (TPSA) is 87.1 Å². The number of anilines is 3. The second kappa shape index (κ2) is 8.11. The van der Waals surface area contributed by atoms with Gasteiger partial charge in [0.25, 0.3) is 0 Å². The van der Waals surface area contributed by atoms with E-state index < -0.39 is 5.97 Å². The Morgan fingerprint density at radius 2 is 1.69 bits per heavy atom. The molecule has 3 rings (SSSR count). The van der Waals surface area contributed by atoms with Gasteiger partial charge >= 0.3 is 5.97 Å². The first-order valence-corrected chi connectivity index (χ1v) is 8.34. The number of nitrogens with one attached hydrogen (secondary N) is 2. The molecule has 1 aromatic heterocycles. The number of carboxylic acids is 1. The minimum absolute atomic E-state index is 0.248. The van der Waals surface area contributed by atoms with Crippen LogP contribution in [0.3, 0.4) is 0 Å². The molecule has 6 heteroatoms. The normalized spacial score (nSPS) is 10.3. The van der Waals surface area contributed by atoms with Crippen molar-refractivity contribution in [2.75, 3.05) is 17.2 Å². The van der Waals surface area contributed by atoms with E-state index in [-0.39, 0.29) is 5.56 Å². The second-order valence-corrected chi connectivity index (χ2v) is 5.86. The van der Waals surface area contributed by atoms with Gasteiger partial charge in [0.2, 0.25) is 0 Å². The molecule has 0 bridgehead atoms. The van der Waals surface area contributed by atoms with Gasteiger partial charge in [-0.3, -0.25) is 0 Å². The van der Waals surface area contributed by atoms with Gasteiger partial charge in [-0.15, -0.1) is 0 Å². The lowest BCUT2D eigenvalue weighted by atomic mass is 10.1. The summed E-state index contributed by atoms with van der Waals surface area (Å²) in [6.07, 6.45) is 0.906. The molecule has 0 amide bonds. The van der Waals surface area contributed by atoms with Gasteiger partial charge in [-0.1, -0.05) is 30.3 Å². The first kappa shape index (κ1) is 17.4. The van der Waals surface area contributed by atoms with Gasteiger partial charge in [0.1, 0.15) is 17.5 Å². The molecule has 3 aromatic rings. The summed E-state index contributed by atoms with van der Waals surface area (Å²) in [5.41, 5.74) is 2.28. The van der Waals surface area contributed by atoms with Crippen molar-refractivity contribution in [3.63, 3.8) is 0 Å². The van der Waals surface area contributed by atoms with Gasteiger partial charge < -0.3 is 15.7 Å². The molecule has 2 aromatic carbocycles. The van der Waals surface area contributed by atoms with E-state index in [0.29, 0.717) is 11.6 Å². The SMILES string of the molecule is Cc1nc(NCCc2ccccc2)cc(Nc2ccc(C(=O)O)cc2)n1. The van der Waals surface area contributed by atoms with E-state index in [1.165, 1.54) is 5.56 Å². The molecule has 0 atom stereocenters. The Labute approximate surface area is 152 Å². The van der Waals surface area contributed by atoms with Crippen molar-refractivity contribution in [2.45, 2.75) is 13.3 Å². The summed E-state index contributed by atoms with van der Waals surface area (Å²) in [5, 5.41) is 15.4. The molecule has 0 radical (unpaired) electrons. The number of carbonyl (C=O) groups is 1. The molecule has 6 nitrogen and oxygen atoms in total. The van der Waals surface area contributed by atoms with Crippen LogP contribution in [-0.2, 0) is 6.42 Å². The third-order valence-corrected chi connectivity index (χ3v) is 3.80. The Hall–Kier alpha value is -3.41. The fraction of sp³-hybridized carbons (Fsp3) is 0.150. The van der Waals surface area contributed by atoms with Gasteiger partial charge in [-0.05, 0) is 43.2 Å². The zero-order valence-electron chi connectivity index (χ0n) is 14.4. The highest BCUT2D eigenvalue weighted by Gasteiger charge is 2.05. The molecule has 0 aliphatic heterocycles. The van der Waals surface area contributed by atoms with Crippen LogP contribution < -0.4 is 10.6 Å². The molecule has 0 saturated carbocycles. The summed E-state index contributed by atoms with van der Waals surface area (Å²) in [6, 6.07) is 18.6. The average molecular weight is 348 g/mol. The van der Waals surface area contributed by atoms with Crippen LogP contribution in [0.4, 0.5) is 17.3 Å². The van der Waals surface area contributed by atoms with Gasteiger partial charge in [-0.2, -0.15) is 0 Å². The molecule has 26 heavy (non-hydrogen) atoms. The highest BCUT2D eigenvalue weighted by atomic mass is 16.4. The number of rotatable bonds is 7. The van der Waals surface area contributed by atoms with Crippen molar-refractivity contribution in [1.29, 1.82) is 0 Å². The number of aromatic carboxylic acids is 1. The number of carboxylic acid groups (broad SMARTS) is 1. The molecule has 0 aliphatic rings. The number of hydrogen-bond donors (Lipinski definition) is 3. The Morgan fingerprint density at radius 1 is 1.00 bits per heavy atom. The summed E-state index contributed by atoms with van der Waals surface area (Å²) in [7, 11) is 0. The van der Waals surface area contributed by atoms with Crippen LogP contribution in [0.25, 0.3) is 0 Å². The van der Waals surface area contributed by atoms with Gasteiger partial charge in [0.15, 0.2) is 0 Å². The monoisotopic (exact) mass is 348 g/mol. The van der Waals surface area contributed by atoms with Crippen molar-refractivity contribution < 1.29 is 9.90 Å². The summed E-state index contributed by atoms with van der Waals surface area (Å²) in [4.78, 5) is 19.7. The van der Waals surface area contributed by atoms with Crippen LogP contribution in [0.1, 0.15) is 21.7 Å². The fourth-order valence-electron chi connectivity index (χ4n) is 2.55. The molecule has 3 N–H and O–H groups in total. The maximum atomic E-state index is 10.9. The summed E-state index contributed by atoms with van der Waals surface area (Å²) >= 11 is 0. The maximum absolute atomic E-state index is 10.9. The van der Waals surface area contributed by atoms with E-state index in [0.717, 1.165) is 24.5 Å². The predicted molar refractivity (Wildman–Crippen MR) is 102 cm³/mol. The molecule has 0 saturated heterocycles. The molecular weight excluding hydrogens is 328 g/mol. The molecule has 0 fully saturated rings. The Balaban J connectivity index is 1.64. The number of benzene rings is 2. The number of nitrogens with zero attached hydrogens (tertiary/aromatic N) is 2. The Kier molecular flexibility index (Phi) is 5.43. The standard InChI is InChI=1S/C20H20N4O2/c1-14-22-18(21-12-11-15-5-3-2-4-6-15)13-19(23-14)24-17-9-7-16(8-10-17)20(25)26/h2-10,13H,11-12H2,1H3,(H,25,26)(H2,21,22,23,24). The maximum Gasteiger partial charge on any atom is 0.335 e. The van der Waals surface area contributed by atoms with Crippen LogP contribution >= 0.6 is 0 Å². The first-order valence-electron chi connectivity index (χ1n) is 8.34. The minimum Gasteiger partial charge on any atom is -0.478 e. The number of aromatic nitrogens is 2. The van der Waals surface area contributed by atoms with Crippen LogP contribution in [0.5, 0.6) is 0 Å². The minimum atomic E-state index is -0.945. The molecule has 132 valence electrons. The first-order chi connectivity index (χ1) is 12.6. The molecule has 0 spiro atoms. The molecule has 0 unspecified atom stereocenters. The van der Waals surface area contributed by atoms with Crippen molar-refractivity contribution >= 4 is 23.3 Å². The predicted octanol–water partition coefficient (Wildman–Crippen LogP) is 3.88. The lowest BCUT2D eigenvalue weighted by Crippen LogP contribution is -2.08. The highest BCUT2D eigenvalue weighted by Crippen LogP contribution is 2.18. The Morgan fingerprint density at radius 3 is 2.38 bits per heavy atom. The van der Waals surface area contributed by atoms with Crippen LogP contribution in [0.15, 0.2) is 60.7 Å². The zero-order chi connectivity index (χ0) is 18.4. The van der Waals surface area contributed by atoms with E-state index in [9.17, 15) is 4.79 Å². The van der Waals surface area contributed by atoms with Crippen LogP contribution in [0, 0.1) is 6.92 Å². The van der Waals surface area contributed by atoms with Crippen molar-refractivity contribution in [3.8, 4) is 0 Å². The van der Waals surface area contributed by atoms with E-state index >= 15 is 0 Å². The van der Waals surface area contributed by atoms with Crippen molar-refractivity contribution in [2.24, 2.45) is 0 Å². The average Bonchev–Trinajstić information content (AvgIpc) is 2.62. The molecule has 1 heterocycles. The van der Waals surface area contributed by atoms with Crippen molar-refractivity contribution in [3.05, 3.63) is 77.6 Å². The smallest absolute Gasteiger partial charge is 0.335 e. The van der Waals surface area contributed by atoms with E-state index in [1.54, 1.807) is 24.3 Å². The summed E-state index contributed by atoms with van der Waals surface area (Å²) in [6.45, 7) is 2.61.